The van der Waals surface area contributed by atoms with Gasteiger partial charge in [0.05, 0.1) is 12.2 Å². The summed E-state index contributed by atoms with van der Waals surface area (Å²) in [5.74, 6) is -0.419. The van der Waals surface area contributed by atoms with Crippen molar-refractivity contribution < 1.29 is 14.3 Å². The van der Waals surface area contributed by atoms with E-state index in [1.807, 2.05) is 6.07 Å². The van der Waals surface area contributed by atoms with E-state index < -0.39 is 23.4 Å². The molecule has 7 heteroatoms. The van der Waals surface area contributed by atoms with Crippen molar-refractivity contribution in [3.8, 4) is 0 Å². The maximum Gasteiger partial charge on any atom is 0.338 e. The Morgan fingerprint density at radius 1 is 1.33 bits per heavy atom. The zero-order chi connectivity index (χ0) is 17.1. The van der Waals surface area contributed by atoms with Gasteiger partial charge in [0.2, 0.25) is 0 Å². The quantitative estimate of drug-likeness (QED) is 0.672. The van der Waals surface area contributed by atoms with E-state index in [2.05, 4.69) is 4.98 Å². The van der Waals surface area contributed by atoms with Crippen LogP contribution in [0.5, 0.6) is 0 Å². The maximum absolute atomic E-state index is 11.9. The van der Waals surface area contributed by atoms with Gasteiger partial charge in [0.15, 0.2) is 6.23 Å². The first-order valence-electron chi connectivity index (χ1n) is 7.40. The fourth-order valence-electron chi connectivity index (χ4n) is 2.33. The van der Waals surface area contributed by atoms with E-state index in [9.17, 15) is 14.4 Å². The van der Waals surface area contributed by atoms with Crippen molar-refractivity contribution in [3.05, 3.63) is 80.1 Å². The van der Waals surface area contributed by atoms with E-state index in [0.717, 1.165) is 5.57 Å². The molecule has 1 aromatic carbocycles. The molecule has 7 nitrogen and oxygen atoms in total. The first-order chi connectivity index (χ1) is 11.5. The molecule has 1 aromatic heterocycles. The molecule has 1 aliphatic heterocycles. The average molecular weight is 328 g/mol. The summed E-state index contributed by atoms with van der Waals surface area (Å²) in [5.41, 5.74) is 0.668. The fraction of sp³-hybridized carbons (Fsp3) is 0.235. The molecule has 0 fully saturated rings. The maximum atomic E-state index is 11.9. The summed E-state index contributed by atoms with van der Waals surface area (Å²) in [6.45, 7) is 1.94. The Morgan fingerprint density at radius 2 is 2.08 bits per heavy atom. The molecule has 0 amide bonds. The minimum atomic E-state index is -0.626. The highest BCUT2D eigenvalue weighted by Gasteiger charge is 2.20. The van der Waals surface area contributed by atoms with E-state index in [4.69, 9.17) is 9.47 Å². The van der Waals surface area contributed by atoms with Crippen LogP contribution in [0.2, 0.25) is 0 Å². The number of carbonyl (C=O) groups excluding carboxylic acids is 1. The Morgan fingerprint density at radius 3 is 2.83 bits per heavy atom. The molecular weight excluding hydrogens is 312 g/mol. The van der Waals surface area contributed by atoms with Gasteiger partial charge in [-0.05, 0) is 30.7 Å². The Bertz CT molecular complexity index is 895. The molecule has 1 unspecified atom stereocenters. The van der Waals surface area contributed by atoms with Gasteiger partial charge in [0.25, 0.3) is 5.56 Å². The van der Waals surface area contributed by atoms with Crippen molar-refractivity contribution in [1.29, 1.82) is 0 Å². The second kappa shape index (κ2) is 6.67. The van der Waals surface area contributed by atoms with Crippen molar-refractivity contribution in [3.63, 3.8) is 0 Å². The van der Waals surface area contributed by atoms with Gasteiger partial charge in [0, 0.05) is 11.8 Å². The second-order valence-electron chi connectivity index (χ2n) is 5.45. The van der Waals surface area contributed by atoms with Gasteiger partial charge in [-0.1, -0.05) is 18.2 Å². The van der Waals surface area contributed by atoms with Gasteiger partial charge < -0.3 is 9.47 Å². The van der Waals surface area contributed by atoms with Gasteiger partial charge in [-0.3, -0.25) is 14.3 Å². The van der Waals surface area contributed by atoms with Crippen molar-refractivity contribution >= 4 is 5.97 Å². The third kappa shape index (κ3) is 3.36. The standard InChI is InChI=1S/C17H16N2O5/c1-11-8-19(17(22)18-15(11)20)14-7-12(9-23-14)10-24-16(21)13-5-3-2-4-6-13/h2-8,14H,9-10H2,1H3,(H,18,20,22). The van der Waals surface area contributed by atoms with E-state index in [1.165, 1.54) is 10.8 Å². The van der Waals surface area contributed by atoms with E-state index in [1.54, 1.807) is 37.3 Å². The van der Waals surface area contributed by atoms with Crippen LogP contribution in [-0.2, 0) is 9.47 Å². The number of aryl methyl sites for hydroxylation is 1. The predicted octanol–water partition coefficient (Wildman–Crippen LogP) is 1.16. The van der Waals surface area contributed by atoms with Crippen LogP contribution < -0.4 is 11.2 Å². The minimum Gasteiger partial charge on any atom is -0.457 e. The summed E-state index contributed by atoms with van der Waals surface area (Å²) in [4.78, 5) is 37.4. The van der Waals surface area contributed by atoms with Crippen molar-refractivity contribution in [2.45, 2.75) is 13.2 Å². The highest BCUT2D eigenvalue weighted by molar-refractivity contribution is 5.89. The van der Waals surface area contributed by atoms with Crippen LogP contribution in [0.1, 0.15) is 22.1 Å². The van der Waals surface area contributed by atoms with Crippen LogP contribution in [0.3, 0.4) is 0 Å². The lowest BCUT2D eigenvalue weighted by Gasteiger charge is -2.11. The molecule has 2 aromatic rings. The molecule has 24 heavy (non-hydrogen) atoms. The molecule has 0 saturated carbocycles. The highest BCUT2D eigenvalue weighted by Crippen LogP contribution is 2.20. The molecule has 0 bridgehead atoms. The number of ether oxygens (including phenoxy) is 2. The van der Waals surface area contributed by atoms with Gasteiger partial charge >= 0.3 is 11.7 Å². The fourth-order valence-corrected chi connectivity index (χ4v) is 2.33. The number of aromatic nitrogens is 2. The molecule has 0 radical (unpaired) electrons. The van der Waals surface area contributed by atoms with Crippen molar-refractivity contribution in [1.82, 2.24) is 9.55 Å². The lowest BCUT2D eigenvalue weighted by atomic mass is 10.2. The third-order valence-corrected chi connectivity index (χ3v) is 3.64. The lowest BCUT2D eigenvalue weighted by molar-refractivity contribution is 0.0497. The molecule has 0 spiro atoms. The first kappa shape index (κ1) is 15.9. The summed E-state index contributed by atoms with van der Waals surface area (Å²) < 4.78 is 12.1. The van der Waals surface area contributed by atoms with Crippen molar-refractivity contribution in [2.24, 2.45) is 0 Å². The second-order valence-corrected chi connectivity index (χ2v) is 5.45. The lowest BCUT2D eigenvalue weighted by Crippen LogP contribution is -2.32. The average Bonchev–Trinajstić information content (AvgIpc) is 3.05. The number of aromatic amines is 1. The van der Waals surface area contributed by atoms with Crippen LogP contribution in [0.25, 0.3) is 0 Å². The van der Waals surface area contributed by atoms with Gasteiger partial charge in [-0.15, -0.1) is 0 Å². The van der Waals surface area contributed by atoms with Gasteiger partial charge in [0.1, 0.15) is 6.61 Å². The molecule has 1 atom stereocenters. The third-order valence-electron chi connectivity index (χ3n) is 3.64. The zero-order valence-corrected chi connectivity index (χ0v) is 13.0. The molecule has 0 saturated heterocycles. The van der Waals surface area contributed by atoms with Gasteiger partial charge in [-0.2, -0.15) is 0 Å². The molecule has 124 valence electrons. The van der Waals surface area contributed by atoms with Crippen LogP contribution in [-0.4, -0.2) is 28.7 Å². The number of hydrogen-bond donors (Lipinski definition) is 1. The molecule has 0 aliphatic carbocycles. The number of rotatable bonds is 4. The number of hydrogen-bond acceptors (Lipinski definition) is 5. The SMILES string of the molecule is Cc1cn(C2C=C(COC(=O)c3ccccc3)CO2)c(=O)[nH]c1=O. The topological polar surface area (TPSA) is 90.4 Å². The molecule has 2 heterocycles. The first-order valence-corrected chi connectivity index (χ1v) is 7.40. The van der Waals surface area contributed by atoms with Crippen LogP contribution in [0, 0.1) is 6.92 Å². The van der Waals surface area contributed by atoms with Crippen LogP contribution >= 0.6 is 0 Å². The van der Waals surface area contributed by atoms with E-state index >= 15 is 0 Å². The number of nitrogens with one attached hydrogen (secondary N) is 1. The smallest absolute Gasteiger partial charge is 0.338 e. The number of benzene rings is 1. The summed E-state index contributed by atoms with van der Waals surface area (Å²) >= 11 is 0. The Balaban J connectivity index is 1.68. The number of carbonyl (C=O) groups is 1. The zero-order valence-electron chi connectivity index (χ0n) is 13.0. The summed E-state index contributed by atoms with van der Waals surface area (Å²) in [6, 6.07) is 8.68. The van der Waals surface area contributed by atoms with E-state index in [-0.39, 0.29) is 13.2 Å². The molecular formula is C17H16N2O5. The normalized spacial score (nSPS) is 16.7. The molecule has 1 aliphatic rings. The minimum absolute atomic E-state index is 0.0846. The molecule has 1 N–H and O–H groups in total. The summed E-state index contributed by atoms with van der Waals surface area (Å²) in [5, 5.41) is 0. The van der Waals surface area contributed by atoms with E-state index in [0.29, 0.717) is 11.1 Å². The largest absolute Gasteiger partial charge is 0.457 e. The number of nitrogens with zero attached hydrogens (tertiary/aromatic N) is 1. The Labute approximate surface area is 137 Å². The Kier molecular flexibility index (Phi) is 4.43. The number of esters is 1. The summed E-state index contributed by atoms with van der Waals surface area (Å²) in [7, 11) is 0. The summed E-state index contributed by atoms with van der Waals surface area (Å²) in [6.07, 6.45) is 2.53. The number of H-pyrrole nitrogens is 1. The predicted molar refractivity (Wildman–Crippen MR) is 85.9 cm³/mol. The highest BCUT2D eigenvalue weighted by atomic mass is 16.5. The Hall–Kier alpha value is -2.93. The molecule has 3 rings (SSSR count). The van der Waals surface area contributed by atoms with Gasteiger partial charge in [-0.25, -0.2) is 9.59 Å². The monoisotopic (exact) mass is 328 g/mol. The van der Waals surface area contributed by atoms with Crippen LogP contribution in [0.4, 0.5) is 0 Å². The van der Waals surface area contributed by atoms with Crippen LogP contribution in [0.15, 0.2) is 57.8 Å². The van der Waals surface area contributed by atoms with Crippen molar-refractivity contribution in [2.75, 3.05) is 13.2 Å².